The van der Waals surface area contributed by atoms with E-state index in [1.54, 1.807) is 0 Å². The van der Waals surface area contributed by atoms with Gasteiger partial charge in [-0.15, -0.1) is 0 Å². The van der Waals surface area contributed by atoms with E-state index in [4.69, 9.17) is 5.11 Å². The number of carboxylic acid groups (broad SMARTS) is 1. The van der Waals surface area contributed by atoms with Crippen LogP contribution in [-0.4, -0.2) is 41.0 Å². The first kappa shape index (κ1) is 15.2. The molecule has 0 radical (unpaired) electrons. The first-order valence-electron chi connectivity index (χ1n) is 6.56. The number of amides is 1. The van der Waals surface area contributed by atoms with Crippen LogP contribution in [0.25, 0.3) is 0 Å². The van der Waals surface area contributed by atoms with E-state index in [2.05, 4.69) is 27.9 Å². The van der Waals surface area contributed by atoms with Crippen molar-refractivity contribution >= 4 is 40.2 Å². The van der Waals surface area contributed by atoms with Crippen molar-refractivity contribution in [2.75, 3.05) is 18.4 Å². The molecule has 0 saturated heterocycles. The average molecular weight is 388 g/mol. The Labute approximate surface area is 131 Å². The van der Waals surface area contributed by atoms with Crippen LogP contribution in [0.3, 0.4) is 0 Å². The van der Waals surface area contributed by atoms with E-state index in [9.17, 15) is 9.59 Å². The molecule has 0 spiro atoms. The molecule has 1 saturated carbocycles. The second-order valence-electron chi connectivity index (χ2n) is 4.90. The number of rotatable bonds is 7. The van der Waals surface area contributed by atoms with Crippen LogP contribution in [-0.2, 0) is 9.59 Å². The minimum absolute atomic E-state index is 0.0764. The van der Waals surface area contributed by atoms with Crippen molar-refractivity contribution in [3.63, 3.8) is 0 Å². The molecule has 2 N–H and O–H groups in total. The molecular weight excluding hydrogens is 371 g/mol. The molecular formula is C14H17IN2O3. The van der Waals surface area contributed by atoms with Crippen molar-refractivity contribution in [2.24, 2.45) is 0 Å². The fourth-order valence-electron chi connectivity index (χ4n) is 2.02. The zero-order valence-corrected chi connectivity index (χ0v) is 13.2. The zero-order valence-electron chi connectivity index (χ0n) is 11.0. The lowest BCUT2D eigenvalue weighted by atomic mass is 10.3. The van der Waals surface area contributed by atoms with Crippen LogP contribution in [0.4, 0.5) is 5.69 Å². The molecule has 0 atom stereocenters. The van der Waals surface area contributed by atoms with E-state index in [-0.39, 0.29) is 18.9 Å². The lowest BCUT2D eigenvalue weighted by molar-refractivity contribution is -0.137. The Morgan fingerprint density at radius 1 is 1.40 bits per heavy atom. The van der Waals surface area contributed by atoms with Gasteiger partial charge in [-0.3, -0.25) is 14.5 Å². The highest BCUT2D eigenvalue weighted by molar-refractivity contribution is 14.1. The maximum atomic E-state index is 12.0. The summed E-state index contributed by atoms with van der Waals surface area (Å²) < 4.78 is 1.06. The van der Waals surface area contributed by atoms with Crippen LogP contribution in [0.1, 0.15) is 19.3 Å². The molecule has 0 bridgehead atoms. The lowest BCUT2D eigenvalue weighted by Crippen LogP contribution is -2.36. The van der Waals surface area contributed by atoms with Crippen molar-refractivity contribution in [2.45, 2.75) is 25.3 Å². The van der Waals surface area contributed by atoms with Crippen LogP contribution < -0.4 is 5.32 Å². The SMILES string of the molecule is O=C(O)CCN(CC(=O)Nc1cccc(I)c1)C1CC1. The number of hydrogen-bond donors (Lipinski definition) is 2. The average Bonchev–Trinajstić information content (AvgIpc) is 3.18. The number of anilines is 1. The summed E-state index contributed by atoms with van der Waals surface area (Å²) in [5.41, 5.74) is 0.774. The van der Waals surface area contributed by atoms with Gasteiger partial charge < -0.3 is 10.4 Å². The fraction of sp³-hybridized carbons (Fsp3) is 0.429. The van der Waals surface area contributed by atoms with Gasteiger partial charge in [0, 0.05) is 21.8 Å². The van der Waals surface area contributed by atoms with E-state index < -0.39 is 5.97 Å². The second-order valence-corrected chi connectivity index (χ2v) is 6.15. The van der Waals surface area contributed by atoms with E-state index in [0.717, 1.165) is 22.1 Å². The Morgan fingerprint density at radius 2 is 2.15 bits per heavy atom. The van der Waals surface area contributed by atoms with Crippen molar-refractivity contribution < 1.29 is 14.7 Å². The van der Waals surface area contributed by atoms with Crippen LogP contribution in [0.5, 0.6) is 0 Å². The molecule has 1 aliphatic rings. The third-order valence-electron chi connectivity index (χ3n) is 3.13. The van der Waals surface area contributed by atoms with Gasteiger partial charge in [0.1, 0.15) is 0 Å². The molecule has 5 nitrogen and oxygen atoms in total. The van der Waals surface area contributed by atoms with E-state index in [1.807, 2.05) is 29.2 Å². The second kappa shape index (κ2) is 7.03. The van der Waals surface area contributed by atoms with Crippen molar-refractivity contribution in [3.8, 4) is 0 Å². The fourth-order valence-corrected chi connectivity index (χ4v) is 2.56. The molecule has 0 aliphatic heterocycles. The standard InChI is InChI=1S/C14H17IN2O3/c15-10-2-1-3-11(8-10)16-13(18)9-17(12-4-5-12)7-6-14(19)20/h1-3,8,12H,4-7,9H2,(H,16,18)(H,19,20). The van der Waals surface area contributed by atoms with Gasteiger partial charge in [-0.1, -0.05) is 6.07 Å². The predicted molar refractivity (Wildman–Crippen MR) is 84.6 cm³/mol. The Kier molecular flexibility index (Phi) is 5.36. The Balaban J connectivity index is 1.86. The normalized spacial score (nSPS) is 14.3. The zero-order chi connectivity index (χ0) is 14.5. The molecule has 108 valence electrons. The van der Waals surface area contributed by atoms with Crippen molar-refractivity contribution in [3.05, 3.63) is 27.8 Å². The molecule has 1 aromatic rings. The summed E-state index contributed by atoms with van der Waals surface area (Å²) in [4.78, 5) is 24.6. The molecule has 0 aromatic heterocycles. The minimum Gasteiger partial charge on any atom is -0.481 e. The largest absolute Gasteiger partial charge is 0.481 e. The number of nitrogens with zero attached hydrogens (tertiary/aromatic N) is 1. The summed E-state index contributed by atoms with van der Waals surface area (Å²) in [6.07, 6.45) is 2.18. The lowest BCUT2D eigenvalue weighted by Gasteiger charge is -2.20. The summed E-state index contributed by atoms with van der Waals surface area (Å²) in [7, 11) is 0. The molecule has 6 heteroatoms. The van der Waals surface area contributed by atoms with Crippen LogP contribution in [0.2, 0.25) is 0 Å². The number of benzene rings is 1. The van der Waals surface area contributed by atoms with Gasteiger partial charge >= 0.3 is 5.97 Å². The number of hydrogen-bond acceptors (Lipinski definition) is 3. The molecule has 1 aliphatic carbocycles. The number of carboxylic acids is 1. The van der Waals surface area contributed by atoms with E-state index in [0.29, 0.717) is 12.6 Å². The first-order chi connectivity index (χ1) is 9.54. The number of halogens is 1. The van der Waals surface area contributed by atoms with Crippen molar-refractivity contribution in [1.29, 1.82) is 0 Å². The Bertz CT molecular complexity index is 503. The highest BCUT2D eigenvalue weighted by atomic mass is 127. The third kappa shape index (κ3) is 5.09. The van der Waals surface area contributed by atoms with Crippen molar-refractivity contribution in [1.82, 2.24) is 4.90 Å². The number of aliphatic carboxylic acids is 1. The molecule has 0 unspecified atom stereocenters. The third-order valence-corrected chi connectivity index (χ3v) is 3.80. The molecule has 1 aromatic carbocycles. The Hall–Kier alpha value is -1.15. The van der Waals surface area contributed by atoms with E-state index >= 15 is 0 Å². The molecule has 0 heterocycles. The smallest absolute Gasteiger partial charge is 0.304 e. The van der Waals surface area contributed by atoms with Crippen LogP contribution in [0, 0.1) is 3.57 Å². The highest BCUT2D eigenvalue weighted by Gasteiger charge is 2.30. The summed E-state index contributed by atoms with van der Waals surface area (Å²) in [6.45, 7) is 0.684. The summed E-state index contributed by atoms with van der Waals surface area (Å²) in [6, 6.07) is 7.96. The highest BCUT2D eigenvalue weighted by Crippen LogP contribution is 2.26. The number of carbonyl (C=O) groups is 2. The van der Waals surface area contributed by atoms with Crippen LogP contribution >= 0.6 is 22.6 Å². The van der Waals surface area contributed by atoms with Gasteiger partial charge in [0.25, 0.3) is 0 Å². The minimum atomic E-state index is -0.825. The molecule has 20 heavy (non-hydrogen) atoms. The van der Waals surface area contributed by atoms with Gasteiger partial charge in [0.15, 0.2) is 0 Å². The van der Waals surface area contributed by atoms with Gasteiger partial charge in [-0.05, 0) is 53.6 Å². The number of carbonyl (C=O) groups excluding carboxylic acids is 1. The summed E-state index contributed by atoms with van der Waals surface area (Å²) in [5, 5.41) is 11.6. The maximum absolute atomic E-state index is 12.0. The van der Waals surface area contributed by atoms with Gasteiger partial charge in [0.2, 0.25) is 5.91 Å². The van der Waals surface area contributed by atoms with E-state index in [1.165, 1.54) is 0 Å². The molecule has 1 amide bonds. The van der Waals surface area contributed by atoms with Gasteiger partial charge in [0.05, 0.1) is 13.0 Å². The monoisotopic (exact) mass is 388 g/mol. The Morgan fingerprint density at radius 3 is 2.75 bits per heavy atom. The topological polar surface area (TPSA) is 69.6 Å². The van der Waals surface area contributed by atoms with Gasteiger partial charge in [-0.25, -0.2) is 0 Å². The summed E-state index contributed by atoms with van der Waals surface area (Å²) >= 11 is 2.19. The molecule has 1 fully saturated rings. The quantitative estimate of drug-likeness (QED) is 0.703. The predicted octanol–water partition coefficient (Wildman–Crippen LogP) is 2.17. The maximum Gasteiger partial charge on any atom is 0.304 e. The molecule has 2 rings (SSSR count). The first-order valence-corrected chi connectivity index (χ1v) is 7.64. The summed E-state index contributed by atoms with van der Waals surface area (Å²) in [5.74, 6) is -0.919. The van der Waals surface area contributed by atoms with Gasteiger partial charge in [-0.2, -0.15) is 0 Å². The number of nitrogens with one attached hydrogen (secondary N) is 1. The van der Waals surface area contributed by atoms with Crippen LogP contribution in [0.15, 0.2) is 24.3 Å².